The zero-order chi connectivity index (χ0) is 33.1. The number of carbonyl (C=O) groups excluding carboxylic acids is 2. The predicted molar refractivity (Wildman–Crippen MR) is 188 cm³/mol. The van der Waals surface area contributed by atoms with Crippen molar-refractivity contribution in [2.45, 2.75) is 174 Å². The summed E-state index contributed by atoms with van der Waals surface area (Å²) in [6.07, 6.45) is 39.1. The Morgan fingerprint density at radius 2 is 1.02 bits per heavy atom. The summed E-state index contributed by atoms with van der Waals surface area (Å²) in [4.78, 5) is 23.9. The highest BCUT2D eigenvalue weighted by Crippen LogP contribution is 2.13. The lowest BCUT2D eigenvalue weighted by atomic mass is 10.0. The van der Waals surface area contributed by atoms with Gasteiger partial charge in [0.2, 0.25) is 0 Å². The normalized spacial score (nSPS) is 13.4. The molecule has 260 valence electrons. The van der Waals surface area contributed by atoms with Crippen LogP contribution in [-0.4, -0.2) is 47.6 Å². The lowest BCUT2D eigenvalue weighted by Gasteiger charge is -2.12. The van der Waals surface area contributed by atoms with Crippen LogP contribution in [0.1, 0.15) is 162 Å². The van der Waals surface area contributed by atoms with Crippen molar-refractivity contribution < 1.29 is 29.3 Å². The fraction of sp³-hybridized carbons (Fsp3) is 0.744. The molecule has 0 aliphatic rings. The fourth-order valence-corrected chi connectivity index (χ4v) is 4.83. The van der Waals surface area contributed by atoms with E-state index < -0.39 is 18.2 Å². The van der Waals surface area contributed by atoms with Gasteiger partial charge in [-0.25, -0.2) is 0 Å². The molecule has 0 radical (unpaired) electrons. The molecule has 0 aromatic rings. The van der Waals surface area contributed by atoms with Crippen LogP contribution in [0.3, 0.4) is 0 Å². The van der Waals surface area contributed by atoms with Crippen molar-refractivity contribution in [2.75, 3.05) is 13.2 Å². The van der Waals surface area contributed by atoms with Gasteiger partial charge in [0.15, 0.2) is 0 Å². The summed E-state index contributed by atoms with van der Waals surface area (Å²) in [5.41, 5.74) is 0. The van der Waals surface area contributed by atoms with Crippen LogP contribution in [-0.2, 0) is 19.1 Å². The van der Waals surface area contributed by atoms with Crippen molar-refractivity contribution in [2.24, 2.45) is 0 Å². The quantitative estimate of drug-likeness (QED) is 0.0332. The van der Waals surface area contributed by atoms with Gasteiger partial charge in [0.1, 0.15) is 19.3 Å². The van der Waals surface area contributed by atoms with Crippen molar-refractivity contribution in [3.05, 3.63) is 48.6 Å². The van der Waals surface area contributed by atoms with Crippen molar-refractivity contribution in [3.63, 3.8) is 0 Å². The van der Waals surface area contributed by atoms with Gasteiger partial charge >= 0.3 is 11.9 Å². The van der Waals surface area contributed by atoms with Crippen molar-refractivity contribution >= 4 is 11.9 Å². The molecule has 6 heteroatoms. The molecule has 0 amide bonds. The fourth-order valence-electron chi connectivity index (χ4n) is 4.83. The van der Waals surface area contributed by atoms with Gasteiger partial charge in [-0.2, -0.15) is 0 Å². The Morgan fingerprint density at radius 1 is 0.556 bits per heavy atom. The summed E-state index contributed by atoms with van der Waals surface area (Å²) in [7, 11) is 0. The van der Waals surface area contributed by atoms with Crippen LogP contribution in [0.4, 0.5) is 0 Å². The number of aliphatic hydroxyl groups is 2. The van der Waals surface area contributed by atoms with Gasteiger partial charge in [0, 0.05) is 12.8 Å². The van der Waals surface area contributed by atoms with Crippen LogP contribution in [0.2, 0.25) is 0 Å². The Kier molecular flexibility index (Phi) is 33.0. The molecule has 0 saturated carbocycles. The summed E-state index contributed by atoms with van der Waals surface area (Å²) < 4.78 is 10.2. The molecule has 0 heterocycles. The SMILES string of the molecule is CCCCC/C=C\C/C=C\C/C=C\C=C\[C@@H](O)CCCC(=O)OC[C@H](O)COC(=O)CCCCCCCCCCCCCCC. The van der Waals surface area contributed by atoms with Crippen LogP contribution in [0, 0.1) is 0 Å². The van der Waals surface area contributed by atoms with E-state index in [2.05, 4.69) is 38.2 Å². The lowest BCUT2D eigenvalue weighted by molar-refractivity contribution is -0.152. The highest BCUT2D eigenvalue weighted by atomic mass is 16.6. The van der Waals surface area contributed by atoms with E-state index in [1.165, 1.54) is 83.5 Å². The monoisotopic (exact) mass is 633 g/mol. The minimum absolute atomic E-state index is 0.157. The number of ether oxygens (including phenoxy) is 2. The summed E-state index contributed by atoms with van der Waals surface area (Å²) in [6, 6.07) is 0. The van der Waals surface area contributed by atoms with Gasteiger partial charge in [0.05, 0.1) is 6.10 Å². The molecule has 0 unspecified atom stereocenters. The summed E-state index contributed by atoms with van der Waals surface area (Å²) in [5.74, 6) is -0.760. The molecule has 0 aromatic heterocycles. The molecular weight excluding hydrogens is 564 g/mol. The van der Waals surface area contributed by atoms with E-state index in [0.29, 0.717) is 19.3 Å². The molecule has 2 N–H and O–H groups in total. The van der Waals surface area contributed by atoms with Gasteiger partial charge in [-0.15, -0.1) is 0 Å². The number of hydrogen-bond acceptors (Lipinski definition) is 6. The smallest absolute Gasteiger partial charge is 0.305 e. The van der Waals surface area contributed by atoms with Crippen LogP contribution in [0.25, 0.3) is 0 Å². The molecule has 0 fully saturated rings. The molecule has 0 aliphatic carbocycles. The average molecular weight is 633 g/mol. The maximum atomic E-state index is 11.9. The minimum Gasteiger partial charge on any atom is -0.463 e. The summed E-state index contributed by atoms with van der Waals surface area (Å²) in [5, 5.41) is 20.0. The third-order valence-electron chi connectivity index (χ3n) is 7.67. The van der Waals surface area contributed by atoms with Gasteiger partial charge in [-0.3, -0.25) is 9.59 Å². The Bertz CT molecular complexity index is 784. The van der Waals surface area contributed by atoms with E-state index in [4.69, 9.17) is 9.47 Å². The van der Waals surface area contributed by atoms with Crippen LogP contribution < -0.4 is 0 Å². The molecule has 2 atom stereocenters. The zero-order valence-electron chi connectivity index (χ0n) is 29.0. The standard InChI is InChI=1S/C39H68O6/c1-3-5-7-9-11-13-15-17-19-21-23-25-27-30-36(40)31-29-33-39(43)45-35-37(41)34-44-38(42)32-28-26-24-22-20-18-16-14-12-10-8-6-4-2/h11,13,17,19,23,25,27,30,36-37,40-41H,3-10,12,14-16,18,20-22,24,26,28-29,31-35H2,1-2H3/b13-11-,19-17-,25-23-,30-27+/t36-,37-/m1/s1. The first-order valence-corrected chi connectivity index (χ1v) is 18.3. The Labute approximate surface area is 276 Å². The third-order valence-corrected chi connectivity index (χ3v) is 7.67. The van der Waals surface area contributed by atoms with Crippen molar-refractivity contribution in [1.82, 2.24) is 0 Å². The molecule has 0 aromatic carbocycles. The highest BCUT2D eigenvalue weighted by molar-refractivity contribution is 5.69. The Hall–Kier alpha value is -2.18. The van der Waals surface area contributed by atoms with E-state index in [1.807, 2.05) is 18.2 Å². The van der Waals surface area contributed by atoms with Crippen LogP contribution in [0.15, 0.2) is 48.6 Å². The lowest BCUT2D eigenvalue weighted by Crippen LogP contribution is -2.25. The summed E-state index contributed by atoms with van der Waals surface area (Å²) >= 11 is 0. The first kappa shape index (κ1) is 42.8. The molecule has 0 spiro atoms. The zero-order valence-corrected chi connectivity index (χ0v) is 29.0. The Morgan fingerprint density at radius 3 is 1.60 bits per heavy atom. The average Bonchev–Trinajstić information content (AvgIpc) is 3.03. The van der Waals surface area contributed by atoms with E-state index in [-0.39, 0.29) is 25.6 Å². The third kappa shape index (κ3) is 34.5. The molecule has 45 heavy (non-hydrogen) atoms. The van der Waals surface area contributed by atoms with E-state index in [0.717, 1.165) is 38.5 Å². The molecular formula is C39H68O6. The van der Waals surface area contributed by atoms with Gasteiger partial charge < -0.3 is 19.7 Å². The van der Waals surface area contributed by atoms with E-state index in [9.17, 15) is 19.8 Å². The first-order valence-electron chi connectivity index (χ1n) is 18.3. The molecule has 6 nitrogen and oxygen atoms in total. The minimum atomic E-state index is -1.04. The highest BCUT2D eigenvalue weighted by Gasteiger charge is 2.12. The number of aliphatic hydroxyl groups excluding tert-OH is 2. The summed E-state index contributed by atoms with van der Waals surface area (Å²) in [6.45, 7) is 4.09. The first-order chi connectivity index (χ1) is 22.0. The number of carbonyl (C=O) groups is 2. The second-order valence-electron chi connectivity index (χ2n) is 12.2. The maximum absolute atomic E-state index is 11.9. The number of unbranched alkanes of at least 4 members (excludes halogenated alkanes) is 15. The van der Waals surface area contributed by atoms with Gasteiger partial charge in [-0.05, 0) is 44.9 Å². The van der Waals surface area contributed by atoms with Crippen LogP contribution in [0.5, 0.6) is 0 Å². The predicted octanol–water partition coefficient (Wildman–Crippen LogP) is 10.0. The van der Waals surface area contributed by atoms with Crippen molar-refractivity contribution in [3.8, 4) is 0 Å². The Balaban J connectivity index is 3.66. The second-order valence-corrected chi connectivity index (χ2v) is 12.2. The van der Waals surface area contributed by atoms with E-state index >= 15 is 0 Å². The topological polar surface area (TPSA) is 93.1 Å². The number of rotatable bonds is 32. The number of esters is 2. The van der Waals surface area contributed by atoms with E-state index in [1.54, 1.807) is 6.08 Å². The second kappa shape index (κ2) is 34.7. The van der Waals surface area contributed by atoms with Crippen LogP contribution >= 0.6 is 0 Å². The molecule has 0 aliphatic heterocycles. The molecule has 0 bridgehead atoms. The number of hydrogen-bond donors (Lipinski definition) is 2. The van der Waals surface area contributed by atoms with Gasteiger partial charge in [0.25, 0.3) is 0 Å². The van der Waals surface area contributed by atoms with Crippen molar-refractivity contribution in [1.29, 1.82) is 0 Å². The number of allylic oxidation sites excluding steroid dienone is 7. The maximum Gasteiger partial charge on any atom is 0.305 e. The van der Waals surface area contributed by atoms with Gasteiger partial charge in [-0.1, -0.05) is 152 Å². The largest absolute Gasteiger partial charge is 0.463 e. The molecule has 0 saturated heterocycles. The molecule has 0 rings (SSSR count).